The molecule has 0 saturated carbocycles. The van der Waals surface area contributed by atoms with E-state index in [1.165, 1.54) is 5.56 Å². The van der Waals surface area contributed by atoms with Crippen molar-refractivity contribution in [3.8, 4) is 5.75 Å². The van der Waals surface area contributed by atoms with Crippen molar-refractivity contribution in [1.29, 1.82) is 0 Å². The van der Waals surface area contributed by atoms with Crippen molar-refractivity contribution in [1.82, 2.24) is 10.2 Å². The molecule has 0 unspecified atom stereocenters. The highest BCUT2D eigenvalue weighted by molar-refractivity contribution is 6.00. The van der Waals surface area contributed by atoms with Crippen LogP contribution in [-0.2, 0) is 25.7 Å². The number of benzene rings is 2. The fourth-order valence-corrected chi connectivity index (χ4v) is 3.94. The van der Waals surface area contributed by atoms with Gasteiger partial charge in [-0.2, -0.15) is 0 Å². The van der Waals surface area contributed by atoms with Crippen molar-refractivity contribution in [2.75, 3.05) is 44.4 Å². The minimum atomic E-state index is -0.384. The van der Waals surface area contributed by atoms with Crippen LogP contribution in [0.5, 0.6) is 5.75 Å². The summed E-state index contributed by atoms with van der Waals surface area (Å²) in [7, 11) is 0. The number of hydrogen-bond acceptors (Lipinski definition) is 5. The molecule has 8 nitrogen and oxygen atoms in total. The van der Waals surface area contributed by atoms with Crippen LogP contribution < -0.4 is 15.0 Å². The van der Waals surface area contributed by atoms with Crippen molar-refractivity contribution in [3.05, 3.63) is 59.7 Å². The smallest absolute Gasteiger partial charge is 0.260 e. The average Bonchev–Trinajstić information content (AvgIpc) is 3.24. The molecule has 1 N–H and O–H groups in total. The van der Waals surface area contributed by atoms with Crippen LogP contribution in [0.1, 0.15) is 17.5 Å². The zero-order valence-electron chi connectivity index (χ0n) is 18.8. The van der Waals surface area contributed by atoms with E-state index in [0.717, 1.165) is 5.56 Å². The summed E-state index contributed by atoms with van der Waals surface area (Å²) < 4.78 is 10.9. The van der Waals surface area contributed by atoms with E-state index in [-0.39, 0.29) is 36.7 Å². The third kappa shape index (κ3) is 5.90. The maximum atomic E-state index is 12.6. The van der Waals surface area contributed by atoms with E-state index >= 15 is 0 Å². The number of hydrogen-bond donors (Lipinski definition) is 1. The fraction of sp³-hybridized carbons (Fsp3) is 0.400. The van der Waals surface area contributed by atoms with Gasteiger partial charge in [-0.3, -0.25) is 14.4 Å². The zero-order chi connectivity index (χ0) is 23.2. The Hall–Kier alpha value is -3.39. The molecule has 0 radical (unpaired) electrons. The van der Waals surface area contributed by atoms with Crippen molar-refractivity contribution >= 4 is 23.4 Å². The molecule has 2 aliphatic rings. The third-order valence-corrected chi connectivity index (χ3v) is 5.96. The van der Waals surface area contributed by atoms with Crippen LogP contribution in [0.3, 0.4) is 0 Å². The van der Waals surface area contributed by atoms with Crippen LogP contribution in [0, 0.1) is 12.8 Å². The van der Waals surface area contributed by atoms with E-state index in [9.17, 15) is 14.4 Å². The number of rotatable bonds is 7. The Labute approximate surface area is 193 Å². The lowest BCUT2D eigenvalue weighted by Crippen LogP contribution is -2.42. The molecule has 2 aromatic rings. The summed E-state index contributed by atoms with van der Waals surface area (Å²) in [4.78, 5) is 40.7. The third-order valence-electron chi connectivity index (χ3n) is 5.96. The highest BCUT2D eigenvalue weighted by Gasteiger charge is 2.35. The van der Waals surface area contributed by atoms with E-state index in [0.29, 0.717) is 50.8 Å². The van der Waals surface area contributed by atoms with E-state index in [2.05, 4.69) is 5.32 Å². The summed E-state index contributed by atoms with van der Waals surface area (Å²) in [6.07, 6.45) is 0.187. The van der Waals surface area contributed by atoms with Crippen molar-refractivity contribution in [2.45, 2.75) is 19.9 Å². The number of ether oxygens (including phenoxy) is 2. The molecule has 2 fully saturated rings. The molecule has 0 spiro atoms. The Kier molecular flexibility index (Phi) is 7.24. The van der Waals surface area contributed by atoms with Gasteiger partial charge in [0.25, 0.3) is 5.91 Å². The number of nitrogens with one attached hydrogen (secondary N) is 1. The maximum Gasteiger partial charge on any atom is 0.260 e. The molecule has 174 valence electrons. The Morgan fingerprint density at radius 1 is 1.06 bits per heavy atom. The molecule has 8 heteroatoms. The van der Waals surface area contributed by atoms with Gasteiger partial charge in [-0.1, -0.05) is 29.8 Å². The summed E-state index contributed by atoms with van der Waals surface area (Å²) in [6.45, 7) is 5.03. The largest absolute Gasteiger partial charge is 0.484 e. The minimum absolute atomic E-state index is 0.0365. The van der Waals surface area contributed by atoms with Crippen LogP contribution in [0.15, 0.2) is 48.5 Å². The van der Waals surface area contributed by atoms with Crippen molar-refractivity contribution in [3.63, 3.8) is 0 Å². The fourth-order valence-electron chi connectivity index (χ4n) is 3.94. The van der Waals surface area contributed by atoms with E-state index in [4.69, 9.17) is 9.47 Å². The van der Waals surface area contributed by atoms with Crippen molar-refractivity contribution < 1.29 is 23.9 Å². The summed E-state index contributed by atoms with van der Waals surface area (Å²) in [5.41, 5.74) is 2.90. The second-order valence-corrected chi connectivity index (χ2v) is 8.38. The van der Waals surface area contributed by atoms with Gasteiger partial charge >= 0.3 is 0 Å². The molecule has 3 amide bonds. The van der Waals surface area contributed by atoms with Gasteiger partial charge in [0.05, 0.1) is 19.1 Å². The van der Waals surface area contributed by atoms with E-state index in [1.54, 1.807) is 34.1 Å². The van der Waals surface area contributed by atoms with Gasteiger partial charge in [0, 0.05) is 38.3 Å². The lowest BCUT2D eigenvalue weighted by Gasteiger charge is -2.26. The predicted octanol–water partition coefficient (Wildman–Crippen LogP) is 1.90. The van der Waals surface area contributed by atoms with Crippen LogP contribution in [0.2, 0.25) is 0 Å². The number of nitrogens with zero attached hydrogens (tertiary/aromatic N) is 2. The normalized spacial score (nSPS) is 18.3. The number of aryl methyl sites for hydroxylation is 1. The maximum absolute atomic E-state index is 12.6. The van der Waals surface area contributed by atoms with Gasteiger partial charge in [-0.25, -0.2) is 0 Å². The first kappa shape index (κ1) is 22.8. The summed E-state index contributed by atoms with van der Waals surface area (Å²) in [5.74, 6) is -0.101. The Morgan fingerprint density at radius 3 is 2.45 bits per heavy atom. The first-order valence-corrected chi connectivity index (χ1v) is 11.2. The lowest BCUT2D eigenvalue weighted by molar-refractivity contribution is -0.137. The minimum Gasteiger partial charge on any atom is -0.484 e. The van der Waals surface area contributed by atoms with Gasteiger partial charge < -0.3 is 24.6 Å². The molecule has 33 heavy (non-hydrogen) atoms. The van der Waals surface area contributed by atoms with Gasteiger partial charge in [0.1, 0.15) is 5.75 Å². The molecule has 2 aromatic carbocycles. The van der Waals surface area contributed by atoms with Crippen molar-refractivity contribution in [2.24, 2.45) is 5.92 Å². The first-order valence-electron chi connectivity index (χ1n) is 11.2. The van der Waals surface area contributed by atoms with Crippen LogP contribution in [0.25, 0.3) is 0 Å². The van der Waals surface area contributed by atoms with Crippen LogP contribution in [-0.4, -0.2) is 62.1 Å². The lowest BCUT2D eigenvalue weighted by atomic mass is 10.1. The van der Waals surface area contributed by atoms with Gasteiger partial charge in [-0.15, -0.1) is 0 Å². The molecular formula is C25H29N3O5. The SMILES string of the molecule is Cc1ccc(CNC(=O)[C@H]2CC(=O)N(c3ccc(OCC(=O)N4CCOCC4)cc3)C2)cc1. The summed E-state index contributed by atoms with van der Waals surface area (Å²) in [5, 5.41) is 2.93. The van der Waals surface area contributed by atoms with Crippen LogP contribution in [0.4, 0.5) is 5.69 Å². The van der Waals surface area contributed by atoms with Gasteiger partial charge in [0.2, 0.25) is 11.8 Å². The van der Waals surface area contributed by atoms with Gasteiger partial charge in [-0.05, 0) is 36.8 Å². The standard InChI is InChI=1S/C25H29N3O5/c1-18-2-4-19(5-3-18)15-26-25(31)20-14-23(29)28(16-20)21-6-8-22(9-7-21)33-17-24(30)27-10-12-32-13-11-27/h2-9,20H,10-17H2,1H3,(H,26,31)/t20-/m0/s1. The summed E-state index contributed by atoms with van der Waals surface area (Å²) >= 11 is 0. The zero-order valence-corrected chi connectivity index (χ0v) is 18.8. The van der Waals surface area contributed by atoms with Crippen LogP contribution >= 0.6 is 0 Å². The number of carbonyl (C=O) groups is 3. The molecule has 2 saturated heterocycles. The molecule has 2 heterocycles. The molecular weight excluding hydrogens is 422 g/mol. The molecule has 0 aromatic heterocycles. The highest BCUT2D eigenvalue weighted by atomic mass is 16.5. The Balaban J connectivity index is 1.27. The van der Waals surface area contributed by atoms with E-state index in [1.807, 2.05) is 31.2 Å². The number of anilines is 1. The number of morpholine rings is 1. The van der Waals surface area contributed by atoms with Gasteiger partial charge in [0.15, 0.2) is 6.61 Å². The topological polar surface area (TPSA) is 88.2 Å². The average molecular weight is 452 g/mol. The number of carbonyl (C=O) groups excluding carboxylic acids is 3. The summed E-state index contributed by atoms with van der Waals surface area (Å²) in [6, 6.07) is 15.0. The second kappa shape index (κ2) is 10.5. The Bertz CT molecular complexity index is 984. The molecule has 0 bridgehead atoms. The second-order valence-electron chi connectivity index (χ2n) is 8.38. The molecule has 4 rings (SSSR count). The number of amides is 3. The Morgan fingerprint density at radius 2 is 1.76 bits per heavy atom. The first-order chi connectivity index (χ1) is 16.0. The predicted molar refractivity (Wildman–Crippen MR) is 123 cm³/mol. The molecule has 2 aliphatic heterocycles. The molecule has 0 aliphatic carbocycles. The highest BCUT2D eigenvalue weighted by Crippen LogP contribution is 2.27. The molecule has 1 atom stereocenters. The monoisotopic (exact) mass is 451 g/mol. The van der Waals surface area contributed by atoms with E-state index < -0.39 is 0 Å². The quantitative estimate of drug-likeness (QED) is 0.695.